The van der Waals surface area contributed by atoms with Crippen molar-refractivity contribution in [3.63, 3.8) is 0 Å². The van der Waals surface area contributed by atoms with Crippen LogP contribution in [-0.2, 0) is 13.0 Å². The number of hydrogen-bond donors (Lipinski definition) is 1. The standard InChI is InChI=1S/C9H12N2O/c12-9-3-1-2-8-4-5-10-6-7-11(8)9/h1-3,10H,4-7H2. The fourth-order valence-electron chi connectivity index (χ4n) is 1.57. The summed E-state index contributed by atoms with van der Waals surface area (Å²) in [5.74, 6) is 0. The first-order valence-corrected chi connectivity index (χ1v) is 4.27. The van der Waals surface area contributed by atoms with Gasteiger partial charge in [-0.05, 0) is 6.07 Å². The third kappa shape index (κ3) is 1.28. The largest absolute Gasteiger partial charge is 0.315 e. The predicted molar refractivity (Wildman–Crippen MR) is 47.3 cm³/mol. The smallest absolute Gasteiger partial charge is 0.250 e. The molecule has 0 saturated heterocycles. The highest BCUT2D eigenvalue weighted by atomic mass is 16.1. The van der Waals surface area contributed by atoms with Gasteiger partial charge in [-0.25, -0.2) is 0 Å². The molecule has 0 unspecified atom stereocenters. The van der Waals surface area contributed by atoms with Crippen LogP contribution in [-0.4, -0.2) is 17.7 Å². The van der Waals surface area contributed by atoms with E-state index in [1.165, 1.54) is 0 Å². The Hall–Kier alpha value is -1.09. The molecule has 0 amide bonds. The average Bonchev–Trinajstić information content (AvgIpc) is 2.30. The van der Waals surface area contributed by atoms with Gasteiger partial charge in [0.1, 0.15) is 0 Å². The number of hydrogen-bond acceptors (Lipinski definition) is 2. The van der Waals surface area contributed by atoms with Crippen molar-refractivity contribution in [3.8, 4) is 0 Å². The molecular weight excluding hydrogens is 152 g/mol. The molecular formula is C9H12N2O. The summed E-state index contributed by atoms with van der Waals surface area (Å²) < 4.78 is 1.85. The van der Waals surface area contributed by atoms with E-state index in [1.54, 1.807) is 6.07 Å². The number of nitrogens with one attached hydrogen (secondary N) is 1. The van der Waals surface area contributed by atoms with Crippen molar-refractivity contribution in [1.82, 2.24) is 9.88 Å². The summed E-state index contributed by atoms with van der Waals surface area (Å²) in [5.41, 5.74) is 1.27. The number of rotatable bonds is 0. The molecule has 0 fully saturated rings. The highest BCUT2D eigenvalue weighted by molar-refractivity contribution is 5.08. The zero-order valence-electron chi connectivity index (χ0n) is 6.92. The van der Waals surface area contributed by atoms with Gasteiger partial charge < -0.3 is 9.88 Å². The monoisotopic (exact) mass is 164 g/mol. The molecule has 1 aliphatic heterocycles. The number of aromatic nitrogens is 1. The van der Waals surface area contributed by atoms with Gasteiger partial charge in [0.2, 0.25) is 0 Å². The van der Waals surface area contributed by atoms with Crippen LogP contribution >= 0.6 is 0 Å². The molecule has 1 N–H and O–H groups in total. The minimum atomic E-state index is 0.121. The summed E-state index contributed by atoms with van der Waals surface area (Å²) in [6, 6.07) is 5.47. The van der Waals surface area contributed by atoms with E-state index in [-0.39, 0.29) is 5.56 Å². The average molecular weight is 164 g/mol. The molecule has 1 aromatic heterocycles. The molecule has 0 spiro atoms. The van der Waals surface area contributed by atoms with E-state index < -0.39 is 0 Å². The highest BCUT2D eigenvalue weighted by Gasteiger charge is 2.05. The van der Waals surface area contributed by atoms with Crippen LogP contribution in [0.5, 0.6) is 0 Å². The summed E-state index contributed by atoms with van der Waals surface area (Å²) in [6.45, 7) is 2.68. The van der Waals surface area contributed by atoms with Gasteiger partial charge in [-0.15, -0.1) is 0 Å². The molecule has 1 aliphatic rings. The lowest BCUT2D eigenvalue weighted by Gasteiger charge is -2.06. The first kappa shape index (κ1) is 7.55. The molecule has 12 heavy (non-hydrogen) atoms. The summed E-state index contributed by atoms with van der Waals surface area (Å²) in [5, 5.41) is 3.26. The fraction of sp³-hybridized carbons (Fsp3) is 0.444. The van der Waals surface area contributed by atoms with Crippen LogP contribution in [0.25, 0.3) is 0 Å². The van der Waals surface area contributed by atoms with Crippen LogP contribution in [0.4, 0.5) is 0 Å². The molecule has 0 saturated carbocycles. The van der Waals surface area contributed by atoms with E-state index in [1.807, 2.05) is 16.7 Å². The first-order chi connectivity index (χ1) is 5.88. The van der Waals surface area contributed by atoms with Gasteiger partial charge in [0.25, 0.3) is 5.56 Å². The Labute approximate surface area is 71.0 Å². The normalized spacial score (nSPS) is 16.7. The van der Waals surface area contributed by atoms with Crippen molar-refractivity contribution in [2.45, 2.75) is 13.0 Å². The molecule has 3 nitrogen and oxygen atoms in total. The van der Waals surface area contributed by atoms with E-state index >= 15 is 0 Å². The molecule has 0 atom stereocenters. The highest BCUT2D eigenvalue weighted by Crippen LogP contribution is 1.99. The molecule has 0 aliphatic carbocycles. The van der Waals surface area contributed by atoms with Gasteiger partial charge in [-0.3, -0.25) is 4.79 Å². The number of fused-ring (bicyclic) bond motifs is 1. The Morgan fingerprint density at radius 2 is 2.25 bits per heavy atom. The molecule has 1 aromatic rings. The second kappa shape index (κ2) is 3.11. The Morgan fingerprint density at radius 3 is 3.17 bits per heavy atom. The molecule has 2 rings (SSSR count). The lowest BCUT2D eigenvalue weighted by atomic mass is 10.2. The number of pyridine rings is 1. The van der Waals surface area contributed by atoms with Crippen molar-refractivity contribution >= 4 is 0 Å². The van der Waals surface area contributed by atoms with Crippen LogP contribution in [0.1, 0.15) is 5.69 Å². The molecule has 0 aromatic carbocycles. The third-order valence-corrected chi connectivity index (χ3v) is 2.21. The van der Waals surface area contributed by atoms with Gasteiger partial charge in [-0.1, -0.05) is 6.07 Å². The van der Waals surface area contributed by atoms with Crippen molar-refractivity contribution in [3.05, 3.63) is 34.2 Å². The minimum Gasteiger partial charge on any atom is -0.315 e. The van der Waals surface area contributed by atoms with E-state index in [2.05, 4.69) is 5.32 Å². The van der Waals surface area contributed by atoms with Crippen LogP contribution in [0.2, 0.25) is 0 Å². The van der Waals surface area contributed by atoms with E-state index in [0.29, 0.717) is 0 Å². The van der Waals surface area contributed by atoms with Crippen molar-refractivity contribution in [2.24, 2.45) is 0 Å². The molecule has 2 heterocycles. The molecule has 64 valence electrons. The maximum absolute atomic E-state index is 11.4. The van der Waals surface area contributed by atoms with Crippen molar-refractivity contribution in [1.29, 1.82) is 0 Å². The van der Waals surface area contributed by atoms with Crippen molar-refractivity contribution in [2.75, 3.05) is 13.1 Å². The minimum absolute atomic E-state index is 0.121. The Morgan fingerprint density at radius 1 is 1.33 bits per heavy atom. The first-order valence-electron chi connectivity index (χ1n) is 4.27. The quantitative estimate of drug-likeness (QED) is 0.585. The van der Waals surface area contributed by atoms with Crippen LogP contribution in [0.3, 0.4) is 0 Å². The predicted octanol–water partition coefficient (Wildman–Crippen LogP) is -0.00600. The Kier molecular flexibility index (Phi) is 1.96. The van der Waals surface area contributed by atoms with Gasteiger partial charge >= 0.3 is 0 Å². The number of nitrogens with zero attached hydrogens (tertiary/aromatic N) is 1. The Balaban J connectivity index is 2.49. The third-order valence-electron chi connectivity index (χ3n) is 2.21. The topological polar surface area (TPSA) is 34.0 Å². The second-order valence-corrected chi connectivity index (χ2v) is 3.01. The summed E-state index contributed by atoms with van der Waals surface area (Å²) in [6.07, 6.45) is 0.954. The Bertz CT molecular complexity index is 330. The van der Waals surface area contributed by atoms with Gasteiger partial charge in [0.05, 0.1) is 0 Å². The zero-order valence-corrected chi connectivity index (χ0v) is 6.92. The van der Waals surface area contributed by atoms with Crippen LogP contribution in [0.15, 0.2) is 23.0 Å². The van der Waals surface area contributed by atoms with E-state index in [4.69, 9.17) is 0 Å². The lowest BCUT2D eigenvalue weighted by Crippen LogP contribution is -2.24. The summed E-state index contributed by atoms with van der Waals surface area (Å²) in [4.78, 5) is 11.4. The molecule has 3 heteroatoms. The van der Waals surface area contributed by atoms with Gasteiger partial charge in [0, 0.05) is 37.8 Å². The molecule has 0 radical (unpaired) electrons. The maximum Gasteiger partial charge on any atom is 0.250 e. The van der Waals surface area contributed by atoms with Crippen LogP contribution < -0.4 is 10.9 Å². The fourth-order valence-corrected chi connectivity index (χ4v) is 1.57. The lowest BCUT2D eigenvalue weighted by molar-refractivity contribution is 0.630. The van der Waals surface area contributed by atoms with E-state index in [0.717, 1.165) is 31.7 Å². The van der Waals surface area contributed by atoms with Gasteiger partial charge in [-0.2, -0.15) is 0 Å². The zero-order chi connectivity index (χ0) is 8.39. The second-order valence-electron chi connectivity index (χ2n) is 3.01. The SMILES string of the molecule is O=c1cccc2n1CCNCC2. The summed E-state index contributed by atoms with van der Waals surface area (Å²) in [7, 11) is 0. The van der Waals surface area contributed by atoms with Crippen LogP contribution in [0, 0.1) is 0 Å². The maximum atomic E-state index is 11.4. The summed E-state index contributed by atoms with van der Waals surface area (Å²) >= 11 is 0. The van der Waals surface area contributed by atoms with Gasteiger partial charge in [0.15, 0.2) is 0 Å². The molecule has 0 bridgehead atoms. The van der Waals surface area contributed by atoms with Crippen molar-refractivity contribution < 1.29 is 0 Å². The van der Waals surface area contributed by atoms with E-state index in [9.17, 15) is 4.79 Å².